The SMILES string of the molecule is N#Cc1ccc(NCC(=O)NCCC2=CCCCC2)cc1. The zero-order chi connectivity index (χ0) is 14.9. The molecule has 1 amide bonds. The number of nitrogens with one attached hydrogen (secondary N) is 2. The van der Waals surface area contributed by atoms with Gasteiger partial charge in [-0.25, -0.2) is 0 Å². The van der Waals surface area contributed by atoms with Crippen molar-refractivity contribution in [3.05, 3.63) is 41.5 Å². The molecule has 4 heteroatoms. The van der Waals surface area contributed by atoms with Crippen LogP contribution in [0, 0.1) is 11.3 Å². The Kier molecular flexibility index (Phi) is 5.83. The summed E-state index contributed by atoms with van der Waals surface area (Å²) in [5, 5.41) is 14.7. The van der Waals surface area contributed by atoms with Crippen LogP contribution in [-0.4, -0.2) is 19.0 Å². The summed E-state index contributed by atoms with van der Waals surface area (Å²) in [5.74, 6) is -0.00392. The first kappa shape index (κ1) is 15.1. The van der Waals surface area contributed by atoms with Crippen LogP contribution in [0.1, 0.15) is 37.7 Å². The molecule has 2 rings (SSSR count). The fourth-order valence-electron chi connectivity index (χ4n) is 2.40. The number of benzene rings is 1. The zero-order valence-electron chi connectivity index (χ0n) is 12.2. The lowest BCUT2D eigenvalue weighted by Gasteiger charge is -2.13. The molecule has 0 aliphatic heterocycles. The number of nitriles is 1. The lowest BCUT2D eigenvalue weighted by molar-refractivity contribution is -0.119. The second kappa shape index (κ2) is 8.11. The van der Waals surface area contributed by atoms with Gasteiger partial charge in [-0.1, -0.05) is 11.6 Å². The van der Waals surface area contributed by atoms with Gasteiger partial charge < -0.3 is 10.6 Å². The molecule has 1 aromatic carbocycles. The topological polar surface area (TPSA) is 64.9 Å². The summed E-state index contributed by atoms with van der Waals surface area (Å²) < 4.78 is 0. The molecule has 0 bridgehead atoms. The summed E-state index contributed by atoms with van der Waals surface area (Å²) in [6.45, 7) is 0.963. The van der Waals surface area contributed by atoms with Crippen LogP contribution in [0.5, 0.6) is 0 Å². The molecule has 0 atom stereocenters. The minimum absolute atomic E-state index is 0.00392. The number of carbonyl (C=O) groups is 1. The highest BCUT2D eigenvalue weighted by atomic mass is 16.1. The van der Waals surface area contributed by atoms with Gasteiger partial charge in [-0.3, -0.25) is 4.79 Å². The van der Waals surface area contributed by atoms with E-state index in [0.717, 1.165) is 12.1 Å². The van der Waals surface area contributed by atoms with Crippen LogP contribution in [0.3, 0.4) is 0 Å². The van der Waals surface area contributed by atoms with Gasteiger partial charge in [0.1, 0.15) is 0 Å². The Morgan fingerprint density at radius 1 is 1.24 bits per heavy atom. The van der Waals surface area contributed by atoms with E-state index in [2.05, 4.69) is 22.8 Å². The number of rotatable bonds is 6. The lowest BCUT2D eigenvalue weighted by atomic mass is 9.97. The summed E-state index contributed by atoms with van der Waals surface area (Å²) in [4.78, 5) is 11.7. The number of nitrogens with zero attached hydrogens (tertiary/aromatic N) is 1. The van der Waals surface area contributed by atoms with Crippen LogP contribution in [0.2, 0.25) is 0 Å². The van der Waals surface area contributed by atoms with Gasteiger partial charge in [0.15, 0.2) is 0 Å². The molecule has 4 nitrogen and oxygen atoms in total. The highest BCUT2D eigenvalue weighted by Gasteiger charge is 2.05. The maximum Gasteiger partial charge on any atom is 0.239 e. The van der Waals surface area contributed by atoms with Crippen LogP contribution in [-0.2, 0) is 4.79 Å². The summed E-state index contributed by atoms with van der Waals surface area (Å²) in [6, 6.07) is 9.14. The predicted octanol–water partition coefficient (Wildman–Crippen LogP) is 2.98. The van der Waals surface area contributed by atoms with E-state index in [1.807, 2.05) is 0 Å². The van der Waals surface area contributed by atoms with Crippen LogP contribution in [0.4, 0.5) is 5.69 Å². The van der Waals surface area contributed by atoms with E-state index in [-0.39, 0.29) is 12.5 Å². The number of carbonyl (C=O) groups excluding carboxylic acids is 1. The van der Waals surface area contributed by atoms with Crippen molar-refractivity contribution in [3.8, 4) is 6.07 Å². The van der Waals surface area contributed by atoms with Gasteiger partial charge in [0, 0.05) is 12.2 Å². The molecule has 2 N–H and O–H groups in total. The molecular weight excluding hydrogens is 262 g/mol. The molecule has 0 saturated heterocycles. The fourth-order valence-corrected chi connectivity index (χ4v) is 2.40. The van der Waals surface area contributed by atoms with Crippen LogP contribution >= 0.6 is 0 Å². The third-order valence-corrected chi connectivity index (χ3v) is 3.62. The predicted molar refractivity (Wildman–Crippen MR) is 83.8 cm³/mol. The Bertz CT molecular complexity index is 540. The van der Waals surface area contributed by atoms with Gasteiger partial charge in [0.25, 0.3) is 0 Å². The Morgan fingerprint density at radius 2 is 2.05 bits per heavy atom. The number of allylic oxidation sites excluding steroid dienone is 1. The number of hydrogen-bond donors (Lipinski definition) is 2. The van der Waals surface area contributed by atoms with Crippen molar-refractivity contribution in [2.24, 2.45) is 0 Å². The quantitative estimate of drug-likeness (QED) is 0.789. The molecule has 0 radical (unpaired) electrons. The third kappa shape index (κ3) is 5.31. The van der Waals surface area contributed by atoms with Crippen LogP contribution < -0.4 is 10.6 Å². The minimum Gasteiger partial charge on any atom is -0.376 e. The van der Waals surface area contributed by atoms with E-state index in [1.54, 1.807) is 24.3 Å². The minimum atomic E-state index is -0.00392. The van der Waals surface area contributed by atoms with Crippen molar-refractivity contribution >= 4 is 11.6 Å². The lowest BCUT2D eigenvalue weighted by Crippen LogP contribution is -2.30. The maximum absolute atomic E-state index is 11.7. The maximum atomic E-state index is 11.7. The fraction of sp³-hybridized carbons (Fsp3) is 0.412. The van der Waals surface area contributed by atoms with Crippen molar-refractivity contribution in [3.63, 3.8) is 0 Å². The third-order valence-electron chi connectivity index (χ3n) is 3.62. The molecule has 110 valence electrons. The van der Waals surface area contributed by atoms with Crippen LogP contribution in [0.25, 0.3) is 0 Å². The second-order valence-corrected chi connectivity index (χ2v) is 5.25. The van der Waals surface area contributed by atoms with E-state index in [1.165, 1.54) is 31.3 Å². The van der Waals surface area contributed by atoms with Crippen molar-refractivity contribution in [2.45, 2.75) is 32.1 Å². The van der Waals surface area contributed by atoms with E-state index >= 15 is 0 Å². The number of hydrogen-bond acceptors (Lipinski definition) is 3. The zero-order valence-corrected chi connectivity index (χ0v) is 12.2. The highest BCUT2D eigenvalue weighted by molar-refractivity contribution is 5.80. The van der Waals surface area contributed by atoms with Crippen molar-refractivity contribution < 1.29 is 4.79 Å². The first-order valence-corrected chi connectivity index (χ1v) is 7.46. The van der Waals surface area contributed by atoms with Crippen molar-refractivity contribution in [2.75, 3.05) is 18.4 Å². The van der Waals surface area contributed by atoms with Gasteiger partial charge in [-0.15, -0.1) is 0 Å². The molecule has 0 saturated carbocycles. The largest absolute Gasteiger partial charge is 0.376 e. The van der Waals surface area contributed by atoms with Gasteiger partial charge >= 0.3 is 0 Å². The Labute approximate surface area is 125 Å². The summed E-state index contributed by atoms with van der Waals surface area (Å²) in [7, 11) is 0. The number of anilines is 1. The monoisotopic (exact) mass is 283 g/mol. The molecular formula is C17H21N3O. The summed E-state index contributed by atoms with van der Waals surface area (Å²) >= 11 is 0. The van der Waals surface area contributed by atoms with Crippen molar-refractivity contribution in [1.29, 1.82) is 5.26 Å². The second-order valence-electron chi connectivity index (χ2n) is 5.25. The Morgan fingerprint density at radius 3 is 2.71 bits per heavy atom. The van der Waals surface area contributed by atoms with Crippen LogP contribution in [0.15, 0.2) is 35.9 Å². The molecule has 0 unspecified atom stereocenters. The molecule has 0 fully saturated rings. The summed E-state index contributed by atoms with van der Waals surface area (Å²) in [6.07, 6.45) is 8.21. The van der Waals surface area contributed by atoms with E-state index in [4.69, 9.17) is 5.26 Å². The first-order chi connectivity index (χ1) is 10.3. The van der Waals surface area contributed by atoms with Gasteiger partial charge in [0.05, 0.1) is 18.2 Å². The van der Waals surface area contributed by atoms with Gasteiger partial charge in [-0.05, 0) is 56.4 Å². The van der Waals surface area contributed by atoms with E-state index in [9.17, 15) is 4.79 Å². The normalized spacial score (nSPS) is 14.0. The smallest absolute Gasteiger partial charge is 0.239 e. The highest BCUT2D eigenvalue weighted by Crippen LogP contribution is 2.19. The van der Waals surface area contributed by atoms with Gasteiger partial charge in [-0.2, -0.15) is 5.26 Å². The average molecular weight is 283 g/mol. The molecule has 0 aromatic heterocycles. The molecule has 1 aliphatic rings. The molecule has 0 spiro atoms. The Balaban J connectivity index is 1.65. The Hall–Kier alpha value is -2.28. The standard InChI is InChI=1S/C17H21N3O/c18-12-15-6-8-16(9-7-15)20-13-17(21)19-11-10-14-4-2-1-3-5-14/h4,6-9,20H,1-3,5,10-11,13H2,(H,19,21). The van der Waals surface area contributed by atoms with Crippen molar-refractivity contribution in [1.82, 2.24) is 5.32 Å². The van der Waals surface area contributed by atoms with E-state index < -0.39 is 0 Å². The summed E-state index contributed by atoms with van der Waals surface area (Å²) in [5.41, 5.74) is 2.94. The molecule has 0 heterocycles. The first-order valence-electron chi connectivity index (χ1n) is 7.46. The van der Waals surface area contributed by atoms with E-state index in [0.29, 0.717) is 12.1 Å². The molecule has 1 aliphatic carbocycles. The number of amides is 1. The van der Waals surface area contributed by atoms with Gasteiger partial charge in [0.2, 0.25) is 5.91 Å². The molecule has 21 heavy (non-hydrogen) atoms. The molecule has 1 aromatic rings. The average Bonchev–Trinajstić information content (AvgIpc) is 2.54.